The second kappa shape index (κ2) is 11.1. The third kappa shape index (κ3) is 5.96. The molecule has 0 radical (unpaired) electrons. The Bertz CT molecular complexity index is 1680. The number of fused-ring (bicyclic) bond motifs is 1. The first-order valence-corrected chi connectivity index (χ1v) is 15.2. The van der Waals surface area contributed by atoms with Crippen LogP contribution >= 0.6 is 0 Å². The van der Waals surface area contributed by atoms with Crippen LogP contribution in [0.15, 0.2) is 55.0 Å². The minimum Gasteiger partial charge on any atom is -0.491 e. The van der Waals surface area contributed by atoms with Crippen LogP contribution in [0.3, 0.4) is 0 Å². The van der Waals surface area contributed by atoms with Crippen molar-refractivity contribution in [1.29, 1.82) is 0 Å². The third-order valence-corrected chi connectivity index (χ3v) is 9.29. The smallest absolute Gasteiger partial charge is 0.215 e. The summed E-state index contributed by atoms with van der Waals surface area (Å²) in [7, 11) is -2.28. The van der Waals surface area contributed by atoms with E-state index in [0.717, 1.165) is 50.6 Å². The Labute approximate surface area is 237 Å². The molecule has 0 atom stereocenters. The molecule has 0 aliphatic carbocycles. The molecule has 2 aliphatic heterocycles. The number of halogens is 2. The number of piperidine rings is 1. The lowest BCUT2D eigenvalue weighted by Gasteiger charge is -2.47. The molecule has 1 aromatic carbocycles. The number of rotatable bonds is 9. The van der Waals surface area contributed by atoms with Crippen LogP contribution in [0.25, 0.3) is 27.9 Å². The summed E-state index contributed by atoms with van der Waals surface area (Å²) in [5.74, 6) is -1.28. The minimum absolute atomic E-state index is 0.0755. The molecular formula is C29H31F2N5O4S. The molecule has 1 N–H and O–H groups in total. The van der Waals surface area contributed by atoms with Crippen LogP contribution in [0.1, 0.15) is 18.4 Å². The van der Waals surface area contributed by atoms with Gasteiger partial charge in [-0.15, -0.1) is 0 Å². The highest BCUT2D eigenvalue weighted by molar-refractivity contribution is 7.88. The van der Waals surface area contributed by atoms with E-state index in [1.807, 2.05) is 12.1 Å². The van der Waals surface area contributed by atoms with Gasteiger partial charge in [-0.1, -0.05) is 0 Å². The molecule has 0 amide bonds. The number of benzene rings is 1. The number of hydrogen-bond donors (Lipinski definition) is 1. The quantitative estimate of drug-likeness (QED) is 0.319. The van der Waals surface area contributed by atoms with Crippen LogP contribution in [-0.4, -0.2) is 74.4 Å². The highest BCUT2D eigenvalue weighted by Crippen LogP contribution is 2.38. The van der Waals surface area contributed by atoms with Crippen molar-refractivity contribution in [2.24, 2.45) is 5.41 Å². The zero-order valence-corrected chi connectivity index (χ0v) is 23.5. The van der Waals surface area contributed by atoms with Gasteiger partial charge in [0.25, 0.3) is 0 Å². The predicted molar refractivity (Wildman–Crippen MR) is 150 cm³/mol. The van der Waals surface area contributed by atoms with E-state index in [2.05, 4.69) is 19.7 Å². The van der Waals surface area contributed by atoms with E-state index in [9.17, 15) is 17.2 Å². The fourth-order valence-corrected chi connectivity index (χ4v) is 6.23. The van der Waals surface area contributed by atoms with Gasteiger partial charge in [0.15, 0.2) is 5.82 Å². The van der Waals surface area contributed by atoms with Gasteiger partial charge in [0.05, 0.1) is 43.1 Å². The van der Waals surface area contributed by atoms with Crippen molar-refractivity contribution in [3.63, 3.8) is 0 Å². The van der Waals surface area contributed by atoms with Gasteiger partial charge in [-0.25, -0.2) is 26.4 Å². The Morgan fingerprint density at radius 3 is 2.56 bits per heavy atom. The van der Waals surface area contributed by atoms with E-state index >= 15 is 0 Å². The molecular weight excluding hydrogens is 552 g/mol. The number of likely N-dealkylation sites (tertiary alicyclic amines) is 1. The predicted octanol–water partition coefficient (Wildman–Crippen LogP) is 3.88. The summed E-state index contributed by atoms with van der Waals surface area (Å²) in [5.41, 5.74) is 3.18. The molecule has 2 aliphatic rings. The molecule has 9 nitrogen and oxygen atoms in total. The summed E-state index contributed by atoms with van der Waals surface area (Å²) in [5, 5.41) is 4.48. The van der Waals surface area contributed by atoms with E-state index in [1.165, 1.54) is 19.9 Å². The van der Waals surface area contributed by atoms with Gasteiger partial charge in [-0.3, -0.25) is 9.88 Å². The molecule has 12 heteroatoms. The standard InChI is InChI=1S/C29H31F2N5O4S/c1-32-41(37,38)17-20-10-21(12-22(11-20)28-26(31)13-23(30)14-33-28)25-15-34-36-16-24(2-3-27(25)36)40-9-8-35-6-4-29(5-7-35)18-39-19-29/h2-3,10-16,32H,4-9,17-19H2,1H3. The van der Waals surface area contributed by atoms with Gasteiger partial charge in [-0.2, -0.15) is 5.10 Å². The van der Waals surface area contributed by atoms with E-state index in [4.69, 9.17) is 9.47 Å². The normalized spacial score (nSPS) is 17.1. The van der Waals surface area contributed by atoms with Gasteiger partial charge in [-0.05, 0) is 74.4 Å². The van der Waals surface area contributed by atoms with Crippen LogP contribution in [0, 0.1) is 17.0 Å². The zero-order chi connectivity index (χ0) is 28.6. The molecule has 6 rings (SSSR count). The van der Waals surface area contributed by atoms with Gasteiger partial charge >= 0.3 is 0 Å². The highest BCUT2D eigenvalue weighted by atomic mass is 32.2. The maximum absolute atomic E-state index is 14.6. The van der Waals surface area contributed by atoms with Crippen LogP contribution in [-0.2, 0) is 20.5 Å². The maximum atomic E-state index is 14.6. The number of nitrogens with one attached hydrogen (secondary N) is 1. The molecule has 0 unspecified atom stereocenters. The third-order valence-electron chi connectivity index (χ3n) is 7.95. The van der Waals surface area contributed by atoms with E-state index in [0.29, 0.717) is 40.0 Å². The first-order valence-electron chi connectivity index (χ1n) is 13.5. The fourth-order valence-electron chi connectivity index (χ4n) is 5.48. The molecule has 1 spiro atoms. The van der Waals surface area contributed by atoms with Crippen molar-refractivity contribution < 1.29 is 26.7 Å². The molecule has 2 saturated heterocycles. The van der Waals surface area contributed by atoms with Crippen molar-refractivity contribution in [3.05, 3.63) is 72.2 Å². The summed E-state index contributed by atoms with van der Waals surface area (Å²) in [6.45, 7) is 5.31. The monoisotopic (exact) mass is 583 g/mol. The lowest BCUT2D eigenvalue weighted by Crippen LogP contribution is -2.51. The Kier molecular flexibility index (Phi) is 7.49. The number of pyridine rings is 2. The van der Waals surface area contributed by atoms with Gasteiger partial charge < -0.3 is 9.47 Å². The number of sulfonamides is 1. The average Bonchev–Trinajstić information content (AvgIpc) is 3.36. The van der Waals surface area contributed by atoms with Crippen molar-refractivity contribution >= 4 is 15.5 Å². The molecule has 0 bridgehead atoms. The maximum Gasteiger partial charge on any atom is 0.215 e. The molecule has 3 aromatic heterocycles. The number of nitrogens with zero attached hydrogens (tertiary/aromatic N) is 4. The number of aromatic nitrogens is 3. The van der Waals surface area contributed by atoms with E-state index in [-0.39, 0.29) is 11.4 Å². The lowest BCUT2D eigenvalue weighted by molar-refractivity contribution is -0.139. The molecule has 216 valence electrons. The first kappa shape index (κ1) is 27.7. The summed E-state index contributed by atoms with van der Waals surface area (Å²) in [6.07, 6.45) is 6.73. The van der Waals surface area contributed by atoms with Crippen molar-refractivity contribution in [2.45, 2.75) is 18.6 Å². The van der Waals surface area contributed by atoms with Crippen molar-refractivity contribution in [2.75, 3.05) is 46.5 Å². The highest BCUT2D eigenvalue weighted by Gasteiger charge is 2.40. The van der Waals surface area contributed by atoms with E-state index in [1.54, 1.807) is 35.1 Å². The van der Waals surface area contributed by atoms with Crippen LogP contribution < -0.4 is 9.46 Å². The average molecular weight is 584 g/mol. The Balaban J connectivity index is 1.23. The minimum atomic E-state index is -3.61. The SMILES string of the molecule is CNS(=O)(=O)Cc1cc(-c2ncc(F)cc2F)cc(-c2cnn3cc(OCCN4CCC5(CC4)COC5)ccc23)c1. The molecule has 5 heterocycles. The zero-order valence-electron chi connectivity index (χ0n) is 22.6. The van der Waals surface area contributed by atoms with Crippen molar-refractivity contribution in [1.82, 2.24) is 24.2 Å². The van der Waals surface area contributed by atoms with Gasteiger partial charge in [0.1, 0.15) is 23.9 Å². The van der Waals surface area contributed by atoms with Gasteiger partial charge in [0.2, 0.25) is 10.0 Å². The summed E-state index contributed by atoms with van der Waals surface area (Å²) in [6, 6.07) is 9.46. The topological polar surface area (TPSA) is 98.1 Å². The summed E-state index contributed by atoms with van der Waals surface area (Å²) < 4.78 is 68.2. The van der Waals surface area contributed by atoms with E-state index < -0.39 is 21.7 Å². The fraction of sp³-hybridized carbons (Fsp3) is 0.379. The molecule has 2 fully saturated rings. The molecule has 41 heavy (non-hydrogen) atoms. The second-order valence-corrected chi connectivity index (χ2v) is 12.7. The largest absolute Gasteiger partial charge is 0.491 e. The first-order chi connectivity index (χ1) is 19.7. The van der Waals surface area contributed by atoms with Crippen molar-refractivity contribution in [3.8, 4) is 28.1 Å². The molecule has 0 saturated carbocycles. The number of ether oxygens (including phenoxy) is 2. The summed E-state index contributed by atoms with van der Waals surface area (Å²) >= 11 is 0. The number of hydrogen-bond acceptors (Lipinski definition) is 7. The van der Waals surface area contributed by atoms with Crippen LogP contribution in [0.5, 0.6) is 5.75 Å². The van der Waals surface area contributed by atoms with Crippen LogP contribution in [0.4, 0.5) is 8.78 Å². The summed E-state index contributed by atoms with van der Waals surface area (Å²) in [4.78, 5) is 6.34. The Morgan fingerprint density at radius 1 is 1.07 bits per heavy atom. The van der Waals surface area contributed by atoms with Gasteiger partial charge in [0, 0.05) is 29.2 Å². The Hall–Kier alpha value is -3.45. The lowest BCUT2D eigenvalue weighted by atomic mass is 9.77. The van der Waals surface area contributed by atoms with Crippen LogP contribution in [0.2, 0.25) is 0 Å². The Morgan fingerprint density at radius 2 is 1.85 bits per heavy atom. The second-order valence-electron chi connectivity index (χ2n) is 10.8. The molecule has 4 aromatic rings.